The summed E-state index contributed by atoms with van der Waals surface area (Å²) in [5, 5.41) is 3.64. The number of ether oxygens (including phenoxy) is 3. The number of aryl methyl sites for hydroxylation is 1. The molecule has 0 radical (unpaired) electrons. The van der Waals surface area contributed by atoms with E-state index in [2.05, 4.69) is 42.6 Å². The van der Waals surface area contributed by atoms with Gasteiger partial charge in [-0.15, -0.1) is 0 Å². The summed E-state index contributed by atoms with van der Waals surface area (Å²) in [6, 6.07) is 10.8. The molecule has 2 aromatic rings. The molecule has 1 unspecified atom stereocenters. The van der Waals surface area contributed by atoms with E-state index < -0.39 is 0 Å². The molecule has 3 rings (SSSR count). The van der Waals surface area contributed by atoms with Gasteiger partial charge in [-0.1, -0.05) is 6.07 Å². The molecule has 134 valence electrons. The quantitative estimate of drug-likeness (QED) is 0.861. The highest BCUT2D eigenvalue weighted by molar-refractivity contribution is 5.52. The van der Waals surface area contributed by atoms with Crippen molar-refractivity contribution in [2.75, 3.05) is 26.9 Å². The van der Waals surface area contributed by atoms with Gasteiger partial charge in [-0.2, -0.15) is 0 Å². The van der Waals surface area contributed by atoms with Gasteiger partial charge in [0.05, 0.1) is 26.4 Å². The lowest BCUT2D eigenvalue weighted by Gasteiger charge is -2.29. The van der Waals surface area contributed by atoms with E-state index in [9.17, 15) is 0 Å². The number of benzene rings is 2. The first-order valence-electron chi connectivity index (χ1n) is 8.97. The third-order valence-electron chi connectivity index (χ3n) is 4.50. The van der Waals surface area contributed by atoms with Gasteiger partial charge in [0.1, 0.15) is 5.75 Å². The van der Waals surface area contributed by atoms with E-state index in [-0.39, 0.29) is 6.04 Å². The van der Waals surface area contributed by atoms with Gasteiger partial charge in [-0.25, -0.2) is 0 Å². The fourth-order valence-electron chi connectivity index (χ4n) is 3.46. The third kappa shape index (κ3) is 3.74. The van der Waals surface area contributed by atoms with E-state index in [1.165, 1.54) is 22.3 Å². The highest BCUT2D eigenvalue weighted by Gasteiger charge is 2.24. The Kier molecular flexibility index (Phi) is 5.49. The molecule has 1 atom stereocenters. The minimum Gasteiger partial charge on any atom is -0.497 e. The smallest absolute Gasteiger partial charge is 0.161 e. The van der Waals surface area contributed by atoms with Crippen LogP contribution in [0.2, 0.25) is 0 Å². The fraction of sp³-hybridized carbons (Fsp3) is 0.429. The molecule has 0 saturated carbocycles. The van der Waals surface area contributed by atoms with Crippen LogP contribution in [-0.2, 0) is 6.42 Å². The molecule has 2 aromatic carbocycles. The van der Waals surface area contributed by atoms with Crippen LogP contribution < -0.4 is 19.5 Å². The van der Waals surface area contributed by atoms with Gasteiger partial charge in [0, 0.05) is 6.54 Å². The van der Waals surface area contributed by atoms with Gasteiger partial charge in [-0.05, 0) is 73.7 Å². The molecule has 25 heavy (non-hydrogen) atoms. The van der Waals surface area contributed by atoms with Crippen molar-refractivity contribution in [1.82, 2.24) is 5.32 Å². The first-order chi connectivity index (χ1) is 12.2. The van der Waals surface area contributed by atoms with Crippen molar-refractivity contribution in [2.24, 2.45) is 0 Å². The molecule has 1 aliphatic heterocycles. The van der Waals surface area contributed by atoms with Crippen LogP contribution in [0.4, 0.5) is 0 Å². The van der Waals surface area contributed by atoms with Crippen LogP contribution in [0.25, 0.3) is 0 Å². The van der Waals surface area contributed by atoms with Crippen LogP contribution >= 0.6 is 0 Å². The fourth-order valence-corrected chi connectivity index (χ4v) is 3.46. The van der Waals surface area contributed by atoms with Crippen molar-refractivity contribution in [3.8, 4) is 17.2 Å². The van der Waals surface area contributed by atoms with Crippen molar-refractivity contribution in [3.05, 3.63) is 52.6 Å². The lowest BCUT2D eigenvalue weighted by Crippen LogP contribution is -2.30. The molecule has 0 bridgehead atoms. The van der Waals surface area contributed by atoms with Crippen LogP contribution in [0.5, 0.6) is 17.2 Å². The monoisotopic (exact) mass is 341 g/mol. The summed E-state index contributed by atoms with van der Waals surface area (Å²) in [4.78, 5) is 0. The number of rotatable bonds is 6. The zero-order valence-corrected chi connectivity index (χ0v) is 15.5. The minimum absolute atomic E-state index is 0.132. The average Bonchev–Trinajstić information content (AvgIpc) is 2.61. The SMILES string of the molecule is CCOc1cc2c(cc1OCC)C(c1cc(C)cc(OC)c1)NCC2. The largest absolute Gasteiger partial charge is 0.497 e. The Bertz CT molecular complexity index is 742. The Morgan fingerprint density at radius 1 is 1.00 bits per heavy atom. The van der Waals surface area contributed by atoms with Crippen LogP contribution in [0, 0.1) is 6.92 Å². The number of hydrogen-bond acceptors (Lipinski definition) is 4. The maximum absolute atomic E-state index is 5.83. The van der Waals surface area contributed by atoms with Gasteiger partial charge in [-0.3, -0.25) is 0 Å². The van der Waals surface area contributed by atoms with E-state index in [1.807, 2.05) is 13.8 Å². The number of hydrogen-bond donors (Lipinski definition) is 1. The molecule has 0 amide bonds. The Labute approximate surface area is 150 Å². The normalized spacial score (nSPS) is 16.2. The number of nitrogens with one attached hydrogen (secondary N) is 1. The average molecular weight is 341 g/mol. The van der Waals surface area contributed by atoms with E-state index >= 15 is 0 Å². The summed E-state index contributed by atoms with van der Waals surface area (Å²) in [6.07, 6.45) is 0.987. The number of fused-ring (bicyclic) bond motifs is 1. The zero-order chi connectivity index (χ0) is 17.8. The molecule has 0 saturated heterocycles. The zero-order valence-electron chi connectivity index (χ0n) is 15.5. The van der Waals surface area contributed by atoms with Crippen LogP contribution in [0.1, 0.15) is 42.1 Å². The summed E-state index contributed by atoms with van der Waals surface area (Å²) in [6.45, 7) is 8.28. The molecule has 0 aromatic heterocycles. The summed E-state index contributed by atoms with van der Waals surface area (Å²) in [5.74, 6) is 2.54. The van der Waals surface area contributed by atoms with Crippen LogP contribution in [0.3, 0.4) is 0 Å². The first kappa shape index (κ1) is 17.6. The van der Waals surface area contributed by atoms with Crippen LogP contribution in [-0.4, -0.2) is 26.9 Å². The molecule has 0 aliphatic carbocycles. The standard InChI is InChI=1S/C21H27NO3/c1-5-24-19-12-15-7-8-22-21(18(15)13-20(19)25-6-2)16-9-14(3)10-17(11-16)23-4/h9-13,21-22H,5-8H2,1-4H3. The molecular weight excluding hydrogens is 314 g/mol. The summed E-state index contributed by atoms with van der Waals surface area (Å²) in [5.41, 5.74) is 4.98. The molecule has 1 aliphatic rings. The second-order valence-electron chi connectivity index (χ2n) is 6.28. The maximum Gasteiger partial charge on any atom is 0.161 e. The third-order valence-corrected chi connectivity index (χ3v) is 4.50. The van der Waals surface area contributed by atoms with E-state index in [0.29, 0.717) is 13.2 Å². The topological polar surface area (TPSA) is 39.7 Å². The predicted molar refractivity (Wildman–Crippen MR) is 100 cm³/mol. The van der Waals surface area contributed by atoms with Gasteiger partial charge in [0.2, 0.25) is 0 Å². The highest BCUT2D eigenvalue weighted by Crippen LogP contribution is 2.38. The van der Waals surface area contributed by atoms with Gasteiger partial charge in [0.25, 0.3) is 0 Å². The summed E-state index contributed by atoms with van der Waals surface area (Å²) >= 11 is 0. The van der Waals surface area contributed by atoms with Crippen molar-refractivity contribution in [2.45, 2.75) is 33.2 Å². The Morgan fingerprint density at radius 2 is 1.72 bits per heavy atom. The van der Waals surface area contributed by atoms with Crippen LogP contribution in [0.15, 0.2) is 30.3 Å². The maximum atomic E-state index is 5.83. The molecule has 0 fully saturated rings. The lowest BCUT2D eigenvalue weighted by atomic mass is 9.88. The van der Waals surface area contributed by atoms with Crippen molar-refractivity contribution >= 4 is 0 Å². The van der Waals surface area contributed by atoms with Gasteiger partial charge < -0.3 is 19.5 Å². The highest BCUT2D eigenvalue weighted by atomic mass is 16.5. The molecule has 4 heteroatoms. The lowest BCUT2D eigenvalue weighted by molar-refractivity contribution is 0.286. The van der Waals surface area contributed by atoms with E-state index in [4.69, 9.17) is 14.2 Å². The van der Waals surface area contributed by atoms with E-state index in [1.54, 1.807) is 7.11 Å². The molecule has 1 heterocycles. The summed E-state index contributed by atoms with van der Waals surface area (Å²) in [7, 11) is 1.71. The second kappa shape index (κ2) is 7.79. The number of methoxy groups -OCH3 is 1. The minimum atomic E-state index is 0.132. The van der Waals surface area contributed by atoms with Crippen molar-refractivity contribution in [1.29, 1.82) is 0 Å². The summed E-state index contributed by atoms with van der Waals surface area (Å²) < 4.78 is 17.1. The Hall–Kier alpha value is -2.20. The Balaban J connectivity index is 2.06. The van der Waals surface area contributed by atoms with Crippen molar-refractivity contribution in [3.63, 3.8) is 0 Å². The molecule has 4 nitrogen and oxygen atoms in total. The second-order valence-corrected chi connectivity index (χ2v) is 6.28. The predicted octanol–water partition coefficient (Wildman–Crippen LogP) is 4.04. The molecular formula is C21H27NO3. The van der Waals surface area contributed by atoms with Crippen molar-refractivity contribution < 1.29 is 14.2 Å². The van der Waals surface area contributed by atoms with Gasteiger partial charge in [0.15, 0.2) is 11.5 Å². The van der Waals surface area contributed by atoms with E-state index in [0.717, 1.165) is 30.2 Å². The Morgan fingerprint density at radius 3 is 2.40 bits per heavy atom. The molecule has 1 N–H and O–H groups in total. The molecule has 0 spiro atoms. The van der Waals surface area contributed by atoms with Gasteiger partial charge >= 0.3 is 0 Å². The first-order valence-corrected chi connectivity index (χ1v) is 8.97.